The number of ether oxygens (including phenoxy) is 2. The molecule has 3 aromatic carbocycles. The lowest BCUT2D eigenvalue weighted by Crippen LogP contribution is -2.43. The molecule has 6 rings (SSSR count). The maximum atomic E-state index is 14.0. The number of carbonyl (C=O) groups excluding carboxylic acids is 2. The molecule has 1 N–H and O–H groups in total. The zero-order chi connectivity index (χ0) is 28.5. The number of aromatic nitrogens is 2. The Hall–Kier alpha value is -4.31. The van der Waals surface area contributed by atoms with E-state index in [2.05, 4.69) is 5.32 Å². The maximum Gasteiger partial charge on any atom is 0.240 e. The molecule has 1 aliphatic carbocycles. The molecule has 1 aromatic heterocycles. The minimum atomic E-state index is -0.384. The van der Waals surface area contributed by atoms with Gasteiger partial charge in [0.1, 0.15) is 18.2 Å². The Morgan fingerprint density at radius 3 is 2.44 bits per heavy atom. The van der Waals surface area contributed by atoms with E-state index in [-0.39, 0.29) is 41.2 Å². The molecule has 0 radical (unpaired) electrons. The van der Waals surface area contributed by atoms with E-state index in [1.54, 1.807) is 31.0 Å². The minimum absolute atomic E-state index is 0.141. The topological polar surface area (TPSA) is 85.7 Å². The van der Waals surface area contributed by atoms with Gasteiger partial charge in [0.15, 0.2) is 11.5 Å². The highest BCUT2D eigenvalue weighted by molar-refractivity contribution is 8.00. The van der Waals surface area contributed by atoms with Crippen molar-refractivity contribution in [3.8, 4) is 28.4 Å². The second kappa shape index (κ2) is 11.3. The third kappa shape index (κ3) is 5.39. The van der Waals surface area contributed by atoms with Crippen LogP contribution in [-0.4, -0.2) is 54.2 Å². The highest BCUT2D eigenvalue weighted by atomic mass is 32.2. The van der Waals surface area contributed by atoms with E-state index in [1.807, 2.05) is 48.5 Å². The van der Waals surface area contributed by atoms with Gasteiger partial charge in [-0.2, -0.15) is 5.10 Å². The third-order valence-electron chi connectivity index (χ3n) is 7.16. The average molecular weight is 573 g/mol. The highest BCUT2D eigenvalue weighted by Crippen LogP contribution is 2.49. The van der Waals surface area contributed by atoms with Crippen molar-refractivity contribution in [1.29, 1.82) is 0 Å². The predicted molar refractivity (Wildman–Crippen MR) is 156 cm³/mol. The van der Waals surface area contributed by atoms with Crippen LogP contribution >= 0.6 is 11.8 Å². The van der Waals surface area contributed by atoms with Crippen molar-refractivity contribution in [2.24, 2.45) is 0 Å². The van der Waals surface area contributed by atoms with Crippen LogP contribution in [0.1, 0.15) is 29.2 Å². The van der Waals surface area contributed by atoms with Gasteiger partial charge >= 0.3 is 0 Å². The first-order valence-electron chi connectivity index (χ1n) is 13.3. The van der Waals surface area contributed by atoms with E-state index in [0.717, 1.165) is 29.5 Å². The maximum absolute atomic E-state index is 14.0. The monoisotopic (exact) mass is 572 g/mol. The summed E-state index contributed by atoms with van der Waals surface area (Å²) in [5.41, 5.74) is 3.76. The summed E-state index contributed by atoms with van der Waals surface area (Å²) >= 11 is 1.46. The number of methoxy groups -OCH3 is 2. The van der Waals surface area contributed by atoms with Gasteiger partial charge in [0.25, 0.3) is 0 Å². The van der Waals surface area contributed by atoms with Crippen LogP contribution in [0.4, 0.5) is 10.2 Å². The molecule has 2 aliphatic rings. The summed E-state index contributed by atoms with van der Waals surface area (Å²) in [5, 5.41) is 7.68. The number of amides is 2. The van der Waals surface area contributed by atoms with E-state index in [0.29, 0.717) is 28.7 Å². The number of nitrogens with zero attached hydrogens (tertiary/aromatic N) is 3. The lowest BCUT2D eigenvalue weighted by atomic mass is 9.99. The fourth-order valence-corrected chi connectivity index (χ4v) is 6.20. The number of anilines is 1. The van der Waals surface area contributed by atoms with Gasteiger partial charge in [-0.3, -0.25) is 14.5 Å². The van der Waals surface area contributed by atoms with Gasteiger partial charge in [-0.15, -0.1) is 11.8 Å². The summed E-state index contributed by atoms with van der Waals surface area (Å²) in [6.45, 7) is -0.150. The summed E-state index contributed by atoms with van der Waals surface area (Å²) in [4.78, 5) is 28.4. The number of halogens is 1. The molecule has 10 heteroatoms. The Kier molecular flexibility index (Phi) is 7.40. The van der Waals surface area contributed by atoms with Crippen molar-refractivity contribution in [3.05, 3.63) is 89.7 Å². The Morgan fingerprint density at radius 2 is 1.76 bits per heavy atom. The number of nitrogens with one attached hydrogen (secondary N) is 1. The van der Waals surface area contributed by atoms with Crippen molar-refractivity contribution in [1.82, 2.24) is 15.1 Å². The number of benzene rings is 3. The van der Waals surface area contributed by atoms with Crippen molar-refractivity contribution >= 4 is 29.4 Å². The smallest absolute Gasteiger partial charge is 0.240 e. The lowest BCUT2D eigenvalue weighted by Gasteiger charge is -2.23. The molecule has 0 unspecified atom stereocenters. The van der Waals surface area contributed by atoms with Gasteiger partial charge in [-0.25, -0.2) is 9.07 Å². The van der Waals surface area contributed by atoms with Gasteiger partial charge in [0.05, 0.1) is 36.6 Å². The van der Waals surface area contributed by atoms with Crippen LogP contribution in [0.3, 0.4) is 0 Å². The number of rotatable bonds is 8. The van der Waals surface area contributed by atoms with E-state index in [9.17, 15) is 14.0 Å². The first kappa shape index (κ1) is 26.9. The fourth-order valence-electron chi connectivity index (χ4n) is 5.01. The Morgan fingerprint density at radius 1 is 1.02 bits per heavy atom. The number of fused-ring (bicyclic) bond motifs is 1. The summed E-state index contributed by atoms with van der Waals surface area (Å²) in [6.07, 6.45) is 1.88. The molecule has 2 amide bonds. The third-order valence-corrected chi connectivity index (χ3v) is 8.42. The first-order chi connectivity index (χ1) is 20.0. The summed E-state index contributed by atoms with van der Waals surface area (Å²) < 4.78 is 26.7. The van der Waals surface area contributed by atoms with Crippen molar-refractivity contribution in [3.63, 3.8) is 0 Å². The molecule has 0 bridgehead atoms. The van der Waals surface area contributed by atoms with Crippen LogP contribution in [0.5, 0.6) is 11.5 Å². The van der Waals surface area contributed by atoms with Crippen LogP contribution in [0, 0.1) is 5.82 Å². The number of thioether (sulfide) groups is 1. The Balaban J connectivity index is 1.60. The van der Waals surface area contributed by atoms with E-state index in [1.165, 1.54) is 28.8 Å². The molecule has 1 fully saturated rings. The van der Waals surface area contributed by atoms with Gasteiger partial charge in [0.2, 0.25) is 11.8 Å². The minimum Gasteiger partial charge on any atom is -0.493 e. The first-order valence-corrected chi connectivity index (χ1v) is 14.4. The molecule has 2 heterocycles. The SMILES string of the molecule is COc1ccc([C@@H]2SCC(=O)N(CC(=O)NC3CC3)c3c2c(-c2ccccc2)nn3-c2ccc(F)cc2)cc1OC. The van der Waals surface area contributed by atoms with Gasteiger partial charge < -0.3 is 14.8 Å². The molecular weight excluding hydrogens is 543 g/mol. The highest BCUT2D eigenvalue weighted by Gasteiger charge is 2.38. The number of carbonyl (C=O) groups is 2. The van der Waals surface area contributed by atoms with Gasteiger partial charge in [-0.05, 0) is 54.8 Å². The molecule has 210 valence electrons. The molecule has 41 heavy (non-hydrogen) atoms. The standard InChI is InChI=1S/C31H29FN4O4S/c1-39-24-15-8-20(16-25(24)40-2)30-28-29(19-6-4-3-5-7-19)34-36(23-13-9-21(32)10-14-23)31(28)35(27(38)18-41-30)17-26(37)33-22-11-12-22/h3-10,13-16,22,30H,11-12,17-18H2,1-2H3,(H,33,37)/t30-/m0/s1. The Labute approximate surface area is 241 Å². The van der Waals surface area contributed by atoms with Crippen molar-refractivity contribution < 1.29 is 23.5 Å². The summed E-state index contributed by atoms with van der Waals surface area (Å²) in [5.74, 6) is 0.956. The fraction of sp³-hybridized carbons (Fsp3) is 0.258. The summed E-state index contributed by atoms with van der Waals surface area (Å²) in [6, 6.07) is 21.5. The van der Waals surface area contributed by atoms with Crippen LogP contribution in [0.25, 0.3) is 16.9 Å². The van der Waals surface area contributed by atoms with Crippen molar-refractivity contribution in [2.75, 3.05) is 31.4 Å². The molecule has 1 aliphatic heterocycles. The van der Waals surface area contributed by atoms with Gasteiger partial charge in [-0.1, -0.05) is 36.4 Å². The van der Waals surface area contributed by atoms with Crippen LogP contribution in [0.15, 0.2) is 72.8 Å². The average Bonchev–Trinajstić information content (AvgIpc) is 3.75. The second-order valence-corrected chi connectivity index (χ2v) is 11.1. The van der Waals surface area contributed by atoms with Gasteiger partial charge in [0, 0.05) is 17.2 Å². The molecule has 0 spiro atoms. The van der Waals surface area contributed by atoms with E-state index >= 15 is 0 Å². The van der Waals surface area contributed by atoms with Crippen LogP contribution in [0.2, 0.25) is 0 Å². The predicted octanol–water partition coefficient (Wildman–Crippen LogP) is 5.14. The zero-order valence-electron chi connectivity index (χ0n) is 22.7. The molecule has 0 saturated heterocycles. The molecule has 1 atom stereocenters. The largest absolute Gasteiger partial charge is 0.493 e. The molecule has 1 saturated carbocycles. The van der Waals surface area contributed by atoms with E-state index in [4.69, 9.17) is 14.6 Å². The molecular formula is C31H29FN4O4S. The normalized spacial score (nSPS) is 16.6. The quantitative estimate of drug-likeness (QED) is 0.315. The second-order valence-electron chi connectivity index (χ2n) is 9.97. The summed E-state index contributed by atoms with van der Waals surface area (Å²) in [7, 11) is 3.17. The molecule has 8 nitrogen and oxygen atoms in total. The molecule has 4 aromatic rings. The number of hydrogen-bond donors (Lipinski definition) is 1. The lowest BCUT2D eigenvalue weighted by molar-refractivity contribution is -0.123. The number of hydrogen-bond acceptors (Lipinski definition) is 6. The van der Waals surface area contributed by atoms with Crippen LogP contribution in [-0.2, 0) is 9.59 Å². The van der Waals surface area contributed by atoms with E-state index < -0.39 is 0 Å². The van der Waals surface area contributed by atoms with Crippen LogP contribution < -0.4 is 19.7 Å². The zero-order valence-corrected chi connectivity index (χ0v) is 23.5. The Bertz CT molecular complexity index is 1590. The van der Waals surface area contributed by atoms with Crippen molar-refractivity contribution in [2.45, 2.75) is 24.1 Å².